The van der Waals surface area contributed by atoms with Crippen LogP contribution in [-0.2, 0) is 4.79 Å². The summed E-state index contributed by atoms with van der Waals surface area (Å²) in [7, 11) is 1.62. The zero-order chi connectivity index (χ0) is 18.7. The van der Waals surface area contributed by atoms with E-state index >= 15 is 0 Å². The van der Waals surface area contributed by atoms with Crippen molar-refractivity contribution in [2.75, 3.05) is 12.4 Å². The van der Waals surface area contributed by atoms with E-state index < -0.39 is 0 Å². The van der Waals surface area contributed by atoms with Crippen LogP contribution in [0.25, 0.3) is 22.2 Å². The van der Waals surface area contributed by atoms with Crippen LogP contribution in [0.15, 0.2) is 28.8 Å². The monoisotopic (exact) mass is 372 g/mol. The van der Waals surface area contributed by atoms with Crippen molar-refractivity contribution in [2.24, 2.45) is 5.92 Å². The van der Waals surface area contributed by atoms with Crippen molar-refractivity contribution in [1.29, 1.82) is 0 Å². The summed E-state index contributed by atoms with van der Waals surface area (Å²) in [5.74, 6) is 1.87. The Morgan fingerprint density at radius 2 is 2.00 bits per heavy atom. The standard InChI is InChI=1S/C18H20N4O3S/c1-10(2)9-14(23)20-18-19-11(3)15(26-18)17-21-16(22-25-17)12-5-7-13(24-4)8-6-12/h5-8,10H,9H2,1-4H3,(H,19,20,23). The van der Waals surface area contributed by atoms with E-state index in [1.807, 2.05) is 45.0 Å². The van der Waals surface area contributed by atoms with Crippen LogP contribution >= 0.6 is 11.3 Å². The number of nitrogens with one attached hydrogen (secondary N) is 1. The largest absolute Gasteiger partial charge is 0.497 e. The molecule has 2 heterocycles. The number of thiazole rings is 1. The third-order valence-electron chi connectivity index (χ3n) is 3.61. The Bertz CT molecular complexity index is 900. The van der Waals surface area contributed by atoms with Gasteiger partial charge in [-0.05, 0) is 37.1 Å². The molecule has 8 heteroatoms. The van der Waals surface area contributed by atoms with Gasteiger partial charge in [0, 0.05) is 12.0 Å². The van der Waals surface area contributed by atoms with Gasteiger partial charge in [-0.1, -0.05) is 30.3 Å². The lowest BCUT2D eigenvalue weighted by molar-refractivity contribution is -0.116. The molecule has 26 heavy (non-hydrogen) atoms. The summed E-state index contributed by atoms with van der Waals surface area (Å²) in [4.78, 5) is 21.5. The molecule has 0 fully saturated rings. The minimum absolute atomic E-state index is 0.0512. The normalized spacial score (nSPS) is 11.0. The van der Waals surface area contributed by atoms with Crippen LogP contribution in [0.4, 0.5) is 5.13 Å². The van der Waals surface area contributed by atoms with Gasteiger partial charge < -0.3 is 14.6 Å². The van der Waals surface area contributed by atoms with E-state index in [2.05, 4.69) is 20.4 Å². The molecule has 0 radical (unpaired) electrons. The number of nitrogens with zero attached hydrogens (tertiary/aromatic N) is 3. The van der Waals surface area contributed by atoms with Crippen LogP contribution in [0.5, 0.6) is 5.75 Å². The van der Waals surface area contributed by atoms with Crippen LogP contribution in [0.2, 0.25) is 0 Å². The number of carbonyl (C=O) groups excluding carboxylic acids is 1. The highest BCUT2D eigenvalue weighted by molar-refractivity contribution is 7.19. The highest BCUT2D eigenvalue weighted by atomic mass is 32.1. The second-order valence-corrected chi connectivity index (χ2v) is 7.23. The number of aromatic nitrogens is 3. The molecular formula is C18H20N4O3S. The number of carbonyl (C=O) groups is 1. The average Bonchev–Trinajstić information content (AvgIpc) is 3.21. The second kappa shape index (κ2) is 7.65. The smallest absolute Gasteiger partial charge is 0.270 e. The quantitative estimate of drug-likeness (QED) is 0.699. The minimum atomic E-state index is -0.0512. The predicted octanol–water partition coefficient (Wildman–Crippen LogP) is 4.16. The van der Waals surface area contributed by atoms with Gasteiger partial charge in [-0.25, -0.2) is 4.98 Å². The summed E-state index contributed by atoms with van der Waals surface area (Å²) >= 11 is 1.32. The fourth-order valence-electron chi connectivity index (χ4n) is 2.36. The van der Waals surface area contributed by atoms with Crippen LogP contribution in [-0.4, -0.2) is 28.1 Å². The lowest BCUT2D eigenvalue weighted by Crippen LogP contribution is -2.13. The Hall–Kier alpha value is -2.74. The van der Waals surface area contributed by atoms with Crippen LogP contribution in [0.3, 0.4) is 0 Å². The third kappa shape index (κ3) is 4.08. The first kappa shape index (κ1) is 18.1. The van der Waals surface area contributed by atoms with E-state index in [-0.39, 0.29) is 5.91 Å². The molecule has 0 aliphatic rings. The zero-order valence-corrected chi connectivity index (χ0v) is 15.9. The minimum Gasteiger partial charge on any atom is -0.497 e. The molecule has 7 nitrogen and oxygen atoms in total. The first-order valence-corrected chi connectivity index (χ1v) is 9.03. The van der Waals surface area contributed by atoms with Crippen LogP contribution in [0.1, 0.15) is 26.0 Å². The Balaban J connectivity index is 1.79. The zero-order valence-electron chi connectivity index (χ0n) is 15.1. The molecule has 1 N–H and O–H groups in total. The molecule has 0 saturated heterocycles. The van der Waals surface area contributed by atoms with E-state index in [4.69, 9.17) is 9.26 Å². The number of amides is 1. The molecule has 0 aliphatic heterocycles. The van der Waals surface area contributed by atoms with Gasteiger partial charge in [-0.2, -0.15) is 4.98 Å². The number of aryl methyl sites for hydroxylation is 1. The predicted molar refractivity (Wildman–Crippen MR) is 100 cm³/mol. The Labute approximate surface area is 155 Å². The molecule has 0 bridgehead atoms. The summed E-state index contributed by atoms with van der Waals surface area (Å²) in [6, 6.07) is 7.41. The number of ether oxygens (including phenoxy) is 1. The van der Waals surface area contributed by atoms with Crippen molar-refractivity contribution < 1.29 is 14.1 Å². The SMILES string of the molecule is COc1ccc(-c2noc(-c3sc(NC(=O)CC(C)C)nc3C)n2)cc1. The van der Waals surface area contributed by atoms with E-state index in [0.29, 0.717) is 29.2 Å². The number of benzene rings is 1. The molecule has 3 aromatic rings. The fraction of sp³-hybridized carbons (Fsp3) is 0.333. The molecule has 0 unspecified atom stereocenters. The van der Waals surface area contributed by atoms with Gasteiger partial charge in [-0.3, -0.25) is 4.79 Å². The lowest BCUT2D eigenvalue weighted by atomic mass is 10.1. The van der Waals surface area contributed by atoms with Gasteiger partial charge in [0.15, 0.2) is 5.13 Å². The lowest BCUT2D eigenvalue weighted by Gasteiger charge is -2.03. The highest BCUT2D eigenvalue weighted by Crippen LogP contribution is 2.33. The van der Waals surface area contributed by atoms with Crippen molar-refractivity contribution in [3.8, 4) is 27.9 Å². The van der Waals surface area contributed by atoms with Crippen molar-refractivity contribution in [2.45, 2.75) is 27.2 Å². The molecule has 0 saturated carbocycles. The van der Waals surface area contributed by atoms with E-state index in [1.165, 1.54) is 11.3 Å². The van der Waals surface area contributed by atoms with Gasteiger partial charge in [0.05, 0.1) is 12.8 Å². The first-order chi connectivity index (χ1) is 12.5. The third-order valence-corrected chi connectivity index (χ3v) is 4.67. The van der Waals surface area contributed by atoms with Crippen LogP contribution in [0, 0.1) is 12.8 Å². The summed E-state index contributed by atoms with van der Waals surface area (Å²) in [5.41, 5.74) is 1.56. The fourth-order valence-corrected chi connectivity index (χ4v) is 3.27. The Kier molecular flexibility index (Phi) is 5.32. The number of methoxy groups -OCH3 is 1. The molecule has 0 aliphatic carbocycles. The number of rotatable bonds is 6. The molecule has 1 amide bonds. The van der Waals surface area contributed by atoms with Crippen molar-refractivity contribution in [1.82, 2.24) is 15.1 Å². The second-order valence-electron chi connectivity index (χ2n) is 6.23. The molecule has 136 valence electrons. The van der Waals surface area contributed by atoms with Crippen molar-refractivity contribution in [3.05, 3.63) is 30.0 Å². The van der Waals surface area contributed by atoms with E-state index in [0.717, 1.165) is 21.9 Å². The van der Waals surface area contributed by atoms with Gasteiger partial charge in [0.1, 0.15) is 10.6 Å². The number of hydrogen-bond donors (Lipinski definition) is 1. The molecule has 1 aromatic carbocycles. The summed E-state index contributed by atoms with van der Waals surface area (Å²) in [6.07, 6.45) is 0.455. The first-order valence-electron chi connectivity index (χ1n) is 8.22. The molecular weight excluding hydrogens is 352 g/mol. The maximum atomic E-state index is 11.9. The van der Waals surface area contributed by atoms with Gasteiger partial charge in [0.25, 0.3) is 5.89 Å². The van der Waals surface area contributed by atoms with E-state index in [1.54, 1.807) is 7.11 Å². The maximum Gasteiger partial charge on any atom is 0.270 e. The van der Waals surface area contributed by atoms with Crippen molar-refractivity contribution >= 4 is 22.4 Å². The number of hydrogen-bond acceptors (Lipinski definition) is 7. The summed E-state index contributed by atoms with van der Waals surface area (Å²) in [6.45, 7) is 5.84. The number of anilines is 1. The maximum absolute atomic E-state index is 11.9. The van der Waals surface area contributed by atoms with E-state index in [9.17, 15) is 4.79 Å². The molecule has 2 aromatic heterocycles. The Morgan fingerprint density at radius 1 is 1.27 bits per heavy atom. The van der Waals surface area contributed by atoms with Crippen molar-refractivity contribution in [3.63, 3.8) is 0 Å². The topological polar surface area (TPSA) is 90.1 Å². The van der Waals surface area contributed by atoms with Gasteiger partial charge in [0.2, 0.25) is 11.7 Å². The van der Waals surface area contributed by atoms with Crippen LogP contribution < -0.4 is 10.1 Å². The average molecular weight is 372 g/mol. The summed E-state index contributed by atoms with van der Waals surface area (Å²) < 4.78 is 10.5. The highest BCUT2D eigenvalue weighted by Gasteiger charge is 2.18. The Morgan fingerprint density at radius 3 is 2.65 bits per heavy atom. The van der Waals surface area contributed by atoms with Gasteiger partial charge in [-0.15, -0.1) is 0 Å². The molecule has 0 spiro atoms. The molecule has 3 rings (SSSR count). The summed E-state index contributed by atoms with van der Waals surface area (Å²) in [5, 5.41) is 7.39. The molecule has 0 atom stereocenters. The van der Waals surface area contributed by atoms with Gasteiger partial charge >= 0.3 is 0 Å².